The van der Waals surface area contributed by atoms with Crippen molar-refractivity contribution in [1.82, 2.24) is 0 Å². The highest BCUT2D eigenvalue weighted by Gasteiger charge is 2.30. The van der Waals surface area contributed by atoms with Gasteiger partial charge in [-0.3, -0.25) is 18.7 Å². The van der Waals surface area contributed by atoms with Gasteiger partial charge < -0.3 is 37.0 Å². The summed E-state index contributed by atoms with van der Waals surface area (Å²) in [6, 6.07) is 15.8. The van der Waals surface area contributed by atoms with Crippen LogP contribution in [0.4, 0.5) is 0 Å². The van der Waals surface area contributed by atoms with Crippen LogP contribution in [-0.4, -0.2) is 67.4 Å². The summed E-state index contributed by atoms with van der Waals surface area (Å²) in [5.74, 6) is 2.51. The first-order valence-electron chi connectivity index (χ1n) is 23.0. The van der Waals surface area contributed by atoms with Gasteiger partial charge in [0.1, 0.15) is 23.0 Å². The molecule has 72 heavy (non-hydrogen) atoms. The molecule has 388 valence electrons. The molecule has 0 saturated carbocycles. The normalized spacial score (nSPS) is 11.3. The first-order valence-corrected chi connectivity index (χ1v) is 29.7. The van der Waals surface area contributed by atoms with E-state index in [4.69, 9.17) is 37.0 Å². The van der Waals surface area contributed by atoms with Crippen LogP contribution < -0.4 is 18.9 Å². The van der Waals surface area contributed by atoms with Crippen molar-refractivity contribution >= 4 is 97.4 Å². The van der Waals surface area contributed by atoms with Crippen LogP contribution in [0, 0.1) is 27.7 Å². The lowest BCUT2D eigenvalue weighted by molar-refractivity contribution is 0.111. The number of ether oxygens (including phenoxy) is 4. The Kier molecular flexibility index (Phi) is 23.8. The number of aryl methyl sites for hydroxylation is 4. The molecule has 0 aliphatic rings. The van der Waals surface area contributed by atoms with E-state index in [0.29, 0.717) is 22.6 Å². The van der Waals surface area contributed by atoms with Gasteiger partial charge in [0, 0.05) is 51.5 Å². The van der Waals surface area contributed by atoms with Gasteiger partial charge in [-0.25, -0.2) is 0 Å². The fourth-order valence-electron chi connectivity index (χ4n) is 7.21. The number of carbonyl (C=O) groups is 2. The van der Waals surface area contributed by atoms with Crippen LogP contribution in [0.25, 0.3) is 43.8 Å². The quantitative estimate of drug-likeness (QED) is 0.0420. The van der Waals surface area contributed by atoms with Gasteiger partial charge in [-0.1, -0.05) is 25.3 Å². The number of benzene rings is 2. The maximum atomic E-state index is 12.9. The second-order valence-electron chi connectivity index (χ2n) is 15.6. The van der Waals surface area contributed by atoms with Crippen molar-refractivity contribution in [2.24, 2.45) is 0 Å². The van der Waals surface area contributed by atoms with Gasteiger partial charge >= 0.3 is 15.2 Å². The minimum absolute atomic E-state index is 0.0308. The second kappa shape index (κ2) is 28.7. The van der Waals surface area contributed by atoms with E-state index in [1.165, 1.54) is 67.5 Å². The molecular formula is C54H66O12P2S4. The predicted octanol–water partition coefficient (Wildman–Crippen LogP) is 16.5. The van der Waals surface area contributed by atoms with E-state index in [1.54, 1.807) is 82.8 Å². The molecule has 4 aromatic heterocycles. The smallest absolute Gasteiger partial charge is 0.335 e. The van der Waals surface area contributed by atoms with E-state index >= 15 is 0 Å². The minimum Gasteiger partial charge on any atom is -0.496 e. The molecule has 4 heterocycles. The fraction of sp³-hybridized carbons (Fsp3) is 0.333. The lowest BCUT2D eigenvalue weighted by Gasteiger charge is -2.22. The van der Waals surface area contributed by atoms with E-state index < -0.39 is 15.2 Å². The van der Waals surface area contributed by atoms with Gasteiger partial charge in [0.05, 0.1) is 76.9 Å². The first kappa shape index (κ1) is 59.9. The van der Waals surface area contributed by atoms with Crippen LogP contribution in [0.3, 0.4) is 0 Å². The average molecular weight is 1100 g/mol. The van der Waals surface area contributed by atoms with E-state index in [2.05, 4.69) is 51.3 Å². The molecule has 6 rings (SSSR count). The largest absolute Gasteiger partial charge is 0.496 e. The topological polar surface area (TPSA) is 142 Å². The molecule has 0 bridgehead atoms. The highest BCUT2D eigenvalue weighted by Crippen LogP contribution is 2.56. The van der Waals surface area contributed by atoms with Crippen molar-refractivity contribution < 1.29 is 55.8 Å². The number of hydrogen-bond donors (Lipinski definition) is 0. The van der Waals surface area contributed by atoms with Gasteiger partial charge in [0.25, 0.3) is 0 Å². The summed E-state index contributed by atoms with van der Waals surface area (Å²) in [5, 5.41) is 0. The molecule has 0 atom stereocenters. The standard InChI is InChI=1S/C24H24O2S2.C18H32O8P2.C12H10O2S2/c1-7-17-13-20(26-6)18(14-19(17)25-5)9-10-22-16(4)12-24(28-22)23-11-15(3)21(8-2)27-23;1-7-23-27(19,24-8-2)13-15-11-18(22-6)16(12-17(15)21-5)14-28(20,25-9-3)26-10-4;1-7-3-9(15-11(7)5-13)10-4-8(2)12(6-14)16-10/h7-14H,1-2H2,3-6H3;11-12H,7-10,13-14H2,1-6H3;3-6H,1-2H3/b10-9+;;. The van der Waals surface area contributed by atoms with E-state index in [-0.39, 0.29) is 38.8 Å². The van der Waals surface area contributed by atoms with Gasteiger partial charge in [0.2, 0.25) is 0 Å². The molecule has 0 spiro atoms. The molecule has 0 amide bonds. The third-order valence-electron chi connectivity index (χ3n) is 10.6. The second-order valence-corrected chi connectivity index (χ2v) is 24.1. The molecule has 0 N–H and O–H groups in total. The summed E-state index contributed by atoms with van der Waals surface area (Å²) in [6.07, 6.45) is 9.73. The van der Waals surface area contributed by atoms with Crippen molar-refractivity contribution in [3.8, 4) is 42.5 Å². The van der Waals surface area contributed by atoms with E-state index in [1.807, 2.05) is 44.2 Å². The summed E-state index contributed by atoms with van der Waals surface area (Å²) in [4.78, 5) is 30.2. The van der Waals surface area contributed by atoms with Gasteiger partial charge in [-0.2, -0.15) is 0 Å². The molecule has 0 fully saturated rings. The Labute approximate surface area is 441 Å². The molecule has 0 radical (unpaired) electrons. The number of carbonyl (C=O) groups excluding carboxylic acids is 2. The molecule has 0 aliphatic carbocycles. The molecule has 0 unspecified atom stereocenters. The Hall–Kier alpha value is -4.70. The van der Waals surface area contributed by atoms with Crippen molar-refractivity contribution in [3.05, 3.63) is 126 Å². The van der Waals surface area contributed by atoms with Crippen LogP contribution in [0.15, 0.2) is 61.7 Å². The number of methoxy groups -OCH3 is 4. The average Bonchev–Trinajstić information content (AvgIpc) is 4.15. The van der Waals surface area contributed by atoms with Gasteiger partial charge in [0.15, 0.2) is 12.6 Å². The molecule has 12 nitrogen and oxygen atoms in total. The number of hydrogen-bond acceptors (Lipinski definition) is 16. The Morgan fingerprint density at radius 1 is 0.444 bits per heavy atom. The van der Waals surface area contributed by atoms with Crippen molar-refractivity contribution in [1.29, 1.82) is 0 Å². The third-order valence-corrected chi connectivity index (χ3v) is 19.9. The lowest BCUT2D eigenvalue weighted by Crippen LogP contribution is -2.04. The third kappa shape index (κ3) is 15.9. The summed E-state index contributed by atoms with van der Waals surface area (Å²) in [5.41, 5.74) is 7.63. The molecule has 6 aromatic rings. The molecule has 2 aromatic carbocycles. The maximum absolute atomic E-state index is 12.9. The Bertz CT molecular complexity index is 2790. The van der Waals surface area contributed by atoms with Crippen LogP contribution in [0.2, 0.25) is 0 Å². The molecule has 18 heteroatoms. The molecule has 0 aliphatic heterocycles. The van der Waals surface area contributed by atoms with Gasteiger partial charge in [-0.15, -0.1) is 45.3 Å². The minimum atomic E-state index is -3.33. The Morgan fingerprint density at radius 2 is 0.778 bits per heavy atom. The summed E-state index contributed by atoms with van der Waals surface area (Å²) < 4.78 is 69.3. The van der Waals surface area contributed by atoms with Crippen molar-refractivity contribution in [3.63, 3.8) is 0 Å². The SMILES string of the molecule is C=Cc1cc(OC)c(/C=C/c2sc(-c3cc(C)c(C=C)s3)cc2C)cc1OC.CCOP(=O)(Cc1cc(OC)c(CP(=O)(OCC)OCC)cc1OC)OCC.Cc1cc(-c2cc(C)c(C=O)s2)sc1C=O. The summed E-state index contributed by atoms with van der Waals surface area (Å²) in [7, 11) is -0.303. The predicted molar refractivity (Wildman–Crippen MR) is 302 cm³/mol. The van der Waals surface area contributed by atoms with E-state index in [9.17, 15) is 18.7 Å². The first-order chi connectivity index (χ1) is 34.4. The zero-order valence-electron chi connectivity index (χ0n) is 43.2. The monoisotopic (exact) mass is 1100 g/mol. The fourth-order valence-corrected chi connectivity index (χ4v) is 14.8. The number of thiophene rings is 4. The van der Waals surface area contributed by atoms with Gasteiger partial charge in [-0.05, 0) is 138 Å². The van der Waals surface area contributed by atoms with Crippen LogP contribution in [0.1, 0.15) is 101 Å². The Balaban J connectivity index is 0.000000243. The zero-order chi connectivity index (χ0) is 53.2. The van der Waals surface area contributed by atoms with E-state index in [0.717, 1.165) is 65.8 Å². The van der Waals surface area contributed by atoms with Crippen LogP contribution in [0.5, 0.6) is 23.0 Å². The maximum Gasteiger partial charge on any atom is 0.335 e. The highest BCUT2D eigenvalue weighted by atomic mass is 32.1. The molecule has 0 saturated heterocycles. The number of aldehydes is 2. The van der Waals surface area contributed by atoms with Crippen molar-refractivity contribution in [2.45, 2.75) is 67.7 Å². The zero-order valence-corrected chi connectivity index (χ0v) is 48.2. The van der Waals surface area contributed by atoms with Crippen LogP contribution >= 0.6 is 60.5 Å². The summed E-state index contributed by atoms with van der Waals surface area (Å²) in [6.45, 7) is 23.9. The summed E-state index contributed by atoms with van der Waals surface area (Å²) >= 11 is 6.53. The Morgan fingerprint density at radius 3 is 1.10 bits per heavy atom. The number of rotatable bonds is 24. The lowest BCUT2D eigenvalue weighted by atomic mass is 10.1. The van der Waals surface area contributed by atoms with Crippen LogP contribution in [-0.2, 0) is 39.5 Å². The highest BCUT2D eigenvalue weighted by molar-refractivity contribution is 7.53. The van der Waals surface area contributed by atoms with Crippen molar-refractivity contribution in [2.75, 3.05) is 54.9 Å². The molecular weight excluding hydrogens is 1030 g/mol.